The summed E-state index contributed by atoms with van der Waals surface area (Å²) in [7, 11) is -0.615. The maximum Gasteiger partial charge on any atom is 0.240 e. The van der Waals surface area contributed by atoms with Crippen LogP contribution >= 0.6 is 0 Å². The van der Waals surface area contributed by atoms with Gasteiger partial charge in [-0.05, 0) is 61.1 Å². The molecule has 0 aliphatic heterocycles. The summed E-state index contributed by atoms with van der Waals surface area (Å²) in [5.74, 6) is 0.756. The second-order valence-electron chi connectivity index (χ2n) is 6.90. The lowest BCUT2D eigenvalue weighted by atomic mass is 9.92. The molecule has 1 aliphatic rings. The lowest BCUT2D eigenvalue weighted by Crippen LogP contribution is -2.28. The van der Waals surface area contributed by atoms with Crippen LogP contribution in [0.2, 0.25) is 0 Å². The molecule has 0 saturated carbocycles. The molecule has 0 radical (unpaired) electrons. The highest BCUT2D eigenvalue weighted by Crippen LogP contribution is 2.29. The van der Waals surface area contributed by atoms with Crippen LogP contribution in [0.4, 0.5) is 5.69 Å². The molecule has 0 unspecified atom stereocenters. The molecule has 2 N–H and O–H groups in total. The quantitative estimate of drug-likeness (QED) is 0.688. The highest BCUT2D eigenvalue weighted by Gasteiger charge is 2.18. The van der Waals surface area contributed by atoms with Crippen molar-refractivity contribution in [2.45, 2.75) is 37.0 Å². The Hall–Kier alpha value is -2.58. The summed E-state index contributed by atoms with van der Waals surface area (Å²) in [5.41, 5.74) is 2.82. The number of nitrogens with one attached hydrogen (secondary N) is 2. The monoisotopic (exact) mass is 418 g/mol. The molecule has 1 amide bonds. The number of hydrogen-bond acceptors (Lipinski definition) is 5. The zero-order chi connectivity index (χ0) is 20.9. The van der Waals surface area contributed by atoms with Gasteiger partial charge in [0.1, 0.15) is 11.5 Å². The third-order valence-corrected chi connectivity index (χ3v) is 6.42. The van der Waals surface area contributed by atoms with Crippen molar-refractivity contribution >= 4 is 21.6 Å². The van der Waals surface area contributed by atoms with Gasteiger partial charge in [0.2, 0.25) is 15.9 Å². The number of carbonyl (C=O) groups is 1. The number of fused-ring (bicyclic) bond motifs is 1. The van der Waals surface area contributed by atoms with E-state index in [0.717, 1.165) is 31.2 Å². The van der Waals surface area contributed by atoms with Crippen LogP contribution in [-0.4, -0.2) is 35.1 Å². The van der Waals surface area contributed by atoms with Gasteiger partial charge in [-0.15, -0.1) is 0 Å². The Kier molecular flexibility index (Phi) is 6.76. The van der Waals surface area contributed by atoms with E-state index in [-0.39, 0.29) is 23.8 Å². The standard InChI is InChI=1S/C21H26N2O5S/c1-27-17-8-10-19(20(14-17)28-2)23-21(24)11-12-22-29(25,26)18-9-7-15-5-3-4-6-16(15)13-18/h7-10,13-14,22H,3-6,11-12H2,1-2H3,(H,23,24). The Balaban J connectivity index is 1.57. The van der Waals surface area contributed by atoms with E-state index in [1.165, 1.54) is 12.7 Å². The molecule has 0 heterocycles. The second-order valence-corrected chi connectivity index (χ2v) is 8.67. The molecule has 2 aromatic rings. The Bertz CT molecular complexity index is 989. The van der Waals surface area contributed by atoms with E-state index in [9.17, 15) is 13.2 Å². The van der Waals surface area contributed by atoms with Crippen LogP contribution in [0.3, 0.4) is 0 Å². The first-order valence-corrected chi connectivity index (χ1v) is 11.0. The summed E-state index contributed by atoms with van der Waals surface area (Å²) in [6.45, 7) is 0.00369. The number of benzene rings is 2. The van der Waals surface area contributed by atoms with Crippen molar-refractivity contribution in [1.29, 1.82) is 0 Å². The number of carbonyl (C=O) groups excluding carboxylic acids is 1. The van der Waals surface area contributed by atoms with Crippen molar-refractivity contribution in [3.8, 4) is 11.5 Å². The minimum atomic E-state index is -3.66. The van der Waals surface area contributed by atoms with Crippen LogP contribution in [0.25, 0.3) is 0 Å². The van der Waals surface area contributed by atoms with Gasteiger partial charge in [-0.2, -0.15) is 0 Å². The van der Waals surface area contributed by atoms with Crippen LogP contribution in [0, 0.1) is 0 Å². The predicted molar refractivity (Wildman–Crippen MR) is 111 cm³/mol. The summed E-state index contributed by atoms with van der Waals surface area (Å²) in [4.78, 5) is 12.5. The SMILES string of the molecule is COc1ccc(NC(=O)CCNS(=O)(=O)c2ccc3c(c2)CCCC3)c(OC)c1. The van der Waals surface area contributed by atoms with Crippen molar-refractivity contribution in [3.05, 3.63) is 47.5 Å². The van der Waals surface area contributed by atoms with Crippen LogP contribution in [0.5, 0.6) is 11.5 Å². The molecule has 1 aliphatic carbocycles. The van der Waals surface area contributed by atoms with Crippen molar-refractivity contribution < 1.29 is 22.7 Å². The highest BCUT2D eigenvalue weighted by atomic mass is 32.2. The fourth-order valence-electron chi connectivity index (χ4n) is 3.37. The third-order valence-electron chi connectivity index (χ3n) is 4.96. The lowest BCUT2D eigenvalue weighted by molar-refractivity contribution is -0.116. The lowest BCUT2D eigenvalue weighted by Gasteiger charge is -2.16. The molecule has 29 heavy (non-hydrogen) atoms. The number of aryl methyl sites for hydroxylation is 2. The number of ether oxygens (including phenoxy) is 2. The van der Waals surface area contributed by atoms with Gasteiger partial charge >= 0.3 is 0 Å². The van der Waals surface area contributed by atoms with E-state index in [0.29, 0.717) is 17.2 Å². The van der Waals surface area contributed by atoms with Crippen molar-refractivity contribution in [2.24, 2.45) is 0 Å². The Morgan fingerprint density at radius 3 is 2.48 bits per heavy atom. The minimum Gasteiger partial charge on any atom is -0.497 e. The summed E-state index contributed by atoms with van der Waals surface area (Å²) in [6.07, 6.45) is 4.13. The van der Waals surface area contributed by atoms with E-state index in [1.54, 1.807) is 37.4 Å². The van der Waals surface area contributed by atoms with Gasteiger partial charge in [0.25, 0.3) is 0 Å². The second kappa shape index (κ2) is 9.28. The van der Waals surface area contributed by atoms with Gasteiger partial charge in [0, 0.05) is 19.0 Å². The fraction of sp³-hybridized carbons (Fsp3) is 0.381. The van der Waals surface area contributed by atoms with Gasteiger partial charge in [-0.25, -0.2) is 13.1 Å². The van der Waals surface area contributed by atoms with E-state index >= 15 is 0 Å². The van der Waals surface area contributed by atoms with Crippen molar-refractivity contribution in [2.75, 3.05) is 26.1 Å². The molecule has 7 nitrogen and oxygen atoms in total. The molecule has 156 valence electrons. The van der Waals surface area contributed by atoms with Gasteiger partial charge < -0.3 is 14.8 Å². The van der Waals surface area contributed by atoms with Crippen LogP contribution in [-0.2, 0) is 27.7 Å². The largest absolute Gasteiger partial charge is 0.497 e. The smallest absolute Gasteiger partial charge is 0.240 e. The average Bonchev–Trinajstić information content (AvgIpc) is 2.73. The number of methoxy groups -OCH3 is 2. The summed E-state index contributed by atoms with van der Waals surface area (Å²) < 4.78 is 38.0. The van der Waals surface area contributed by atoms with Crippen LogP contribution in [0.15, 0.2) is 41.3 Å². The number of amides is 1. The van der Waals surface area contributed by atoms with Crippen molar-refractivity contribution in [3.63, 3.8) is 0 Å². The minimum absolute atomic E-state index is 0.000641. The first-order valence-electron chi connectivity index (χ1n) is 9.56. The third kappa shape index (κ3) is 5.27. The average molecular weight is 419 g/mol. The number of anilines is 1. The molecule has 2 aromatic carbocycles. The molecule has 0 atom stereocenters. The van der Waals surface area contributed by atoms with Gasteiger partial charge in [0.05, 0.1) is 24.8 Å². The van der Waals surface area contributed by atoms with Crippen LogP contribution < -0.4 is 19.5 Å². The molecule has 0 saturated heterocycles. The zero-order valence-electron chi connectivity index (χ0n) is 16.7. The molecule has 0 aromatic heterocycles. The Morgan fingerprint density at radius 2 is 1.76 bits per heavy atom. The topological polar surface area (TPSA) is 93.7 Å². The number of sulfonamides is 1. The first kappa shape index (κ1) is 21.1. The predicted octanol–water partition coefficient (Wildman–Crippen LogP) is 2.89. The van der Waals surface area contributed by atoms with Crippen LogP contribution in [0.1, 0.15) is 30.4 Å². The molecule has 3 rings (SSSR count). The molecule has 0 fully saturated rings. The van der Waals surface area contributed by atoms with E-state index in [1.807, 2.05) is 6.07 Å². The fourth-order valence-corrected chi connectivity index (χ4v) is 4.46. The van der Waals surface area contributed by atoms with E-state index in [4.69, 9.17) is 9.47 Å². The molecule has 0 bridgehead atoms. The van der Waals surface area contributed by atoms with Gasteiger partial charge in [-0.3, -0.25) is 4.79 Å². The highest BCUT2D eigenvalue weighted by molar-refractivity contribution is 7.89. The first-order chi connectivity index (χ1) is 13.9. The number of rotatable bonds is 8. The van der Waals surface area contributed by atoms with Gasteiger partial charge in [0.15, 0.2) is 0 Å². The Labute approximate surface area is 171 Å². The maximum absolute atomic E-state index is 12.6. The van der Waals surface area contributed by atoms with Crippen molar-refractivity contribution in [1.82, 2.24) is 4.72 Å². The maximum atomic E-state index is 12.6. The molecular weight excluding hydrogens is 392 g/mol. The summed E-state index contributed by atoms with van der Waals surface area (Å²) >= 11 is 0. The zero-order valence-corrected chi connectivity index (χ0v) is 17.5. The van der Waals surface area contributed by atoms with E-state index in [2.05, 4.69) is 10.0 Å². The molecule has 8 heteroatoms. The van der Waals surface area contributed by atoms with E-state index < -0.39 is 10.0 Å². The Morgan fingerprint density at radius 1 is 1.00 bits per heavy atom. The summed E-state index contributed by atoms with van der Waals surface area (Å²) in [5, 5.41) is 2.73. The number of hydrogen-bond donors (Lipinski definition) is 2. The van der Waals surface area contributed by atoms with Gasteiger partial charge in [-0.1, -0.05) is 6.07 Å². The summed E-state index contributed by atoms with van der Waals surface area (Å²) in [6, 6.07) is 10.3. The molecule has 0 spiro atoms. The normalized spacial score (nSPS) is 13.4. The molecular formula is C21H26N2O5S.